The van der Waals surface area contributed by atoms with E-state index in [1.54, 1.807) is 12.1 Å². The molecule has 3 aromatic rings. The van der Waals surface area contributed by atoms with Gasteiger partial charge in [0.25, 0.3) is 0 Å². The summed E-state index contributed by atoms with van der Waals surface area (Å²) in [5.74, 6) is -0.567. The van der Waals surface area contributed by atoms with Crippen LogP contribution in [0.15, 0.2) is 53.4 Å². The molecule has 0 unspecified atom stereocenters. The predicted molar refractivity (Wildman–Crippen MR) is 101 cm³/mol. The van der Waals surface area contributed by atoms with Crippen LogP contribution in [0.2, 0.25) is 0 Å². The van der Waals surface area contributed by atoms with Gasteiger partial charge in [0.05, 0.1) is 28.6 Å². The van der Waals surface area contributed by atoms with Crippen LogP contribution in [0.1, 0.15) is 16.1 Å². The van der Waals surface area contributed by atoms with E-state index in [0.717, 1.165) is 0 Å². The fraction of sp³-hybridized carbons (Fsp3) is 0.118. The molecule has 0 fully saturated rings. The first-order valence-corrected chi connectivity index (χ1v) is 10.0. The molecule has 142 valence electrons. The minimum atomic E-state index is -3.83. The molecule has 0 amide bonds. The number of sulfonamides is 1. The van der Waals surface area contributed by atoms with Crippen molar-refractivity contribution in [3.05, 3.63) is 65.6 Å². The van der Waals surface area contributed by atoms with E-state index in [1.807, 2.05) is 0 Å². The summed E-state index contributed by atoms with van der Waals surface area (Å²) in [6.45, 7) is -0.420. The molecule has 0 aliphatic rings. The number of rotatable bonds is 5. The van der Waals surface area contributed by atoms with Gasteiger partial charge in [0.15, 0.2) is 4.84 Å². The zero-order valence-corrected chi connectivity index (χ0v) is 16.0. The summed E-state index contributed by atoms with van der Waals surface area (Å²) < 4.78 is 38.4. The molecule has 0 saturated heterocycles. The Morgan fingerprint density at radius 1 is 1.15 bits per heavy atom. The normalized spacial score (nSPS) is 11.9. The van der Waals surface area contributed by atoms with Crippen LogP contribution in [-0.2, 0) is 16.6 Å². The minimum Gasteiger partial charge on any atom is -0.392 e. The summed E-state index contributed by atoms with van der Waals surface area (Å²) in [6, 6.07) is 11.7. The lowest BCUT2D eigenvalue weighted by molar-refractivity contribution is 0.276. The monoisotopic (exact) mass is 429 g/mol. The molecule has 0 aliphatic carbocycles. The Bertz CT molecular complexity index is 1080. The number of hydrogen-bond acceptors (Lipinski definition) is 4. The number of aromatic nitrogens is 2. The number of nitrogens with two attached hydrogens (primary N) is 1. The van der Waals surface area contributed by atoms with E-state index in [2.05, 4.69) is 5.10 Å². The molecule has 0 saturated carbocycles. The second-order valence-corrected chi connectivity index (χ2v) is 8.33. The number of benzene rings is 2. The van der Waals surface area contributed by atoms with Crippen LogP contribution in [0.5, 0.6) is 0 Å². The third kappa shape index (κ3) is 4.15. The molecular formula is C17H14Cl2FN3O3S. The SMILES string of the molecule is NS(=O)(=O)c1ccc(-n2nc(C(Cl)Cl)cc2-c2ccc(CO)c(F)c2)cc1. The highest BCUT2D eigenvalue weighted by Gasteiger charge is 2.17. The first-order valence-electron chi connectivity index (χ1n) is 7.61. The third-order valence-corrected chi connectivity index (χ3v) is 5.26. The van der Waals surface area contributed by atoms with Crippen LogP contribution in [-0.4, -0.2) is 23.3 Å². The van der Waals surface area contributed by atoms with Gasteiger partial charge in [-0.1, -0.05) is 35.3 Å². The minimum absolute atomic E-state index is 0.0499. The summed E-state index contributed by atoms with van der Waals surface area (Å²) >= 11 is 11.8. The third-order valence-electron chi connectivity index (χ3n) is 3.88. The molecule has 0 radical (unpaired) electrons. The molecule has 6 nitrogen and oxygen atoms in total. The van der Waals surface area contributed by atoms with E-state index >= 15 is 0 Å². The number of hydrogen-bond donors (Lipinski definition) is 2. The zero-order valence-electron chi connectivity index (χ0n) is 13.7. The molecular weight excluding hydrogens is 416 g/mol. The van der Waals surface area contributed by atoms with Gasteiger partial charge >= 0.3 is 0 Å². The van der Waals surface area contributed by atoms with Crippen molar-refractivity contribution < 1.29 is 17.9 Å². The fourth-order valence-electron chi connectivity index (χ4n) is 2.52. The Morgan fingerprint density at radius 3 is 2.33 bits per heavy atom. The lowest BCUT2D eigenvalue weighted by Gasteiger charge is -2.09. The number of alkyl halides is 2. The van der Waals surface area contributed by atoms with Crippen molar-refractivity contribution >= 4 is 33.2 Å². The lowest BCUT2D eigenvalue weighted by atomic mass is 10.1. The highest BCUT2D eigenvalue weighted by atomic mass is 35.5. The van der Waals surface area contributed by atoms with Crippen molar-refractivity contribution in [2.24, 2.45) is 5.14 Å². The predicted octanol–water partition coefficient (Wildman–Crippen LogP) is 3.29. The van der Waals surface area contributed by atoms with Crippen LogP contribution in [0.25, 0.3) is 16.9 Å². The summed E-state index contributed by atoms with van der Waals surface area (Å²) in [5.41, 5.74) is 1.98. The Balaban J connectivity index is 2.14. The number of aliphatic hydroxyl groups excluding tert-OH is 1. The van der Waals surface area contributed by atoms with Gasteiger partial charge in [0.1, 0.15) is 5.82 Å². The molecule has 10 heteroatoms. The molecule has 0 bridgehead atoms. The maximum absolute atomic E-state index is 14.1. The standard InChI is InChI=1S/C17H14Cl2FN3O3S/c18-17(19)15-8-16(10-1-2-11(9-24)14(20)7-10)23(22-15)12-3-5-13(6-4-12)27(21,25)26/h1-8,17,24H,9H2,(H2,21,25,26). The van der Waals surface area contributed by atoms with E-state index in [0.29, 0.717) is 22.6 Å². The number of nitrogens with zero attached hydrogens (tertiary/aromatic N) is 2. The first kappa shape index (κ1) is 19.8. The number of halogens is 3. The summed E-state index contributed by atoms with van der Waals surface area (Å²) in [7, 11) is -3.83. The van der Waals surface area contributed by atoms with Crippen molar-refractivity contribution in [1.82, 2.24) is 9.78 Å². The second kappa shape index (κ2) is 7.57. The van der Waals surface area contributed by atoms with Crippen molar-refractivity contribution in [3.8, 4) is 16.9 Å². The highest BCUT2D eigenvalue weighted by molar-refractivity contribution is 7.89. The number of primary sulfonamides is 1. The average Bonchev–Trinajstić information content (AvgIpc) is 3.06. The van der Waals surface area contributed by atoms with Crippen molar-refractivity contribution in [2.75, 3.05) is 0 Å². The van der Waals surface area contributed by atoms with E-state index in [-0.39, 0.29) is 10.5 Å². The second-order valence-electron chi connectivity index (χ2n) is 5.67. The Kier molecular flexibility index (Phi) is 5.55. The first-order chi connectivity index (χ1) is 12.7. The van der Waals surface area contributed by atoms with Crippen LogP contribution in [0.3, 0.4) is 0 Å². The molecule has 1 aromatic heterocycles. The lowest BCUT2D eigenvalue weighted by Crippen LogP contribution is -2.12. The molecule has 0 aliphatic heterocycles. The van der Waals surface area contributed by atoms with Gasteiger partial charge in [-0.3, -0.25) is 0 Å². The molecule has 1 heterocycles. The van der Waals surface area contributed by atoms with E-state index in [4.69, 9.17) is 33.4 Å². The van der Waals surface area contributed by atoms with E-state index in [9.17, 15) is 12.8 Å². The quantitative estimate of drug-likeness (QED) is 0.607. The van der Waals surface area contributed by atoms with Gasteiger partial charge in [-0.15, -0.1) is 0 Å². The number of aliphatic hydroxyl groups is 1. The summed E-state index contributed by atoms with van der Waals surface area (Å²) in [4.78, 5) is -0.957. The average molecular weight is 430 g/mol. The molecule has 27 heavy (non-hydrogen) atoms. The summed E-state index contributed by atoms with van der Waals surface area (Å²) in [6.07, 6.45) is 0. The smallest absolute Gasteiger partial charge is 0.238 e. The van der Waals surface area contributed by atoms with Crippen molar-refractivity contribution in [3.63, 3.8) is 0 Å². The Labute approximate surface area is 165 Å². The van der Waals surface area contributed by atoms with Crippen LogP contribution in [0.4, 0.5) is 4.39 Å². The van der Waals surface area contributed by atoms with Gasteiger partial charge < -0.3 is 5.11 Å². The van der Waals surface area contributed by atoms with Crippen LogP contribution < -0.4 is 5.14 Å². The fourth-order valence-corrected chi connectivity index (χ4v) is 3.25. The van der Waals surface area contributed by atoms with Gasteiger partial charge in [-0.05, 0) is 36.4 Å². The summed E-state index contributed by atoms with van der Waals surface area (Å²) in [5, 5.41) is 18.6. The Hall–Kier alpha value is -1.97. The van der Waals surface area contributed by atoms with Gasteiger partial charge in [0.2, 0.25) is 10.0 Å². The van der Waals surface area contributed by atoms with Crippen molar-refractivity contribution in [2.45, 2.75) is 16.3 Å². The molecule has 0 atom stereocenters. The zero-order chi connectivity index (χ0) is 19.8. The van der Waals surface area contributed by atoms with E-state index < -0.39 is 27.3 Å². The van der Waals surface area contributed by atoms with Gasteiger partial charge in [-0.2, -0.15) is 5.10 Å². The van der Waals surface area contributed by atoms with Crippen LogP contribution in [0, 0.1) is 5.82 Å². The largest absolute Gasteiger partial charge is 0.392 e. The molecule has 3 rings (SSSR count). The maximum atomic E-state index is 14.1. The topological polar surface area (TPSA) is 98.2 Å². The molecule has 0 spiro atoms. The van der Waals surface area contributed by atoms with E-state index in [1.165, 1.54) is 41.1 Å². The Morgan fingerprint density at radius 2 is 1.81 bits per heavy atom. The maximum Gasteiger partial charge on any atom is 0.238 e. The highest BCUT2D eigenvalue weighted by Crippen LogP contribution is 2.31. The molecule has 2 aromatic carbocycles. The van der Waals surface area contributed by atoms with Crippen LogP contribution >= 0.6 is 23.2 Å². The van der Waals surface area contributed by atoms with Gasteiger partial charge in [0, 0.05) is 11.1 Å². The van der Waals surface area contributed by atoms with Crippen molar-refractivity contribution in [1.29, 1.82) is 0 Å². The van der Waals surface area contributed by atoms with Gasteiger partial charge in [-0.25, -0.2) is 22.6 Å². The molecule has 3 N–H and O–H groups in total.